The Morgan fingerprint density at radius 1 is 0.810 bits per heavy atom. The van der Waals surface area contributed by atoms with Gasteiger partial charge in [0.2, 0.25) is 10.9 Å². The van der Waals surface area contributed by atoms with Gasteiger partial charge in [-0.1, -0.05) is 45.0 Å². The van der Waals surface area contributed by atoms with Crippen LogP contribution in [-0.4, -0.2) is 46.2 Å². The molecule has 10 nitrogen and oxygen atoms in total. The van der Waals surface area contributed by atoms with Gasteiger partial charge >= 0.3 is 6.18 Å². The molecule has 2 amide bonds. The van der Waals surface area contributed by atoms with Crippen LogP contribution >= 0.6 is 0 Å². The molecule has 7 rings (SSSR count). The molecule has 2 aromatic heterocycles. The minimum atomic E-state index is -4.75. The van der Waals surface area contributed by atoms with Crippen LogP contribution < -0.4 is 26.4 Å². The first-order valence-electron chi connectivity index (χ1n) is 18.2. The number of phenols is 1. The molecular weight excluding hydrogens is 761 g/mol. The van der Waals surface area contributed by atoms with Crippen LogP contribution in [0.1, 0.15) is 70.2 Å². The number of nitrogens with one attached hydrogen (secondary N) is 4. The van der Waals surface area contributed by atoms with Crippen LogP contribution in [0, 0.1) is 19.7 Å². The Hall–Kier alpha value is -6.51. The van der Waals surface area contributed by atoms with E-state index in [1.54, 1.807) is 37.3 Å². The smallest absolute Gasteiger partial charge is 0.418 e. The number of phenolic OH excluding ortho intramolecular Hbond substituents is 1. The van der Waals surface area contributed by atoms with Crippen LogP contribution in [0.2, 0.25) is 0 Å². The van der Waals surface area contributed by atoms with E-state index in [0.717, 1.165) is 23.8 Å². The molecule has 0 radical (unpaired) electrons. The number of hydrogen-bond acceptors (Lipinski definition) is 6. The number of carbonyl (C=O) groups is 2. The molecule has 0 bridgehead atoms. The summed E-state index contributed by atoms with van der Waals surface area (Å²) in [6.45, 7) is 9.43. The topological polar surface area (TPSA) is 147 Å². The van der Waals surface area contributed by atoms with Crippen molar-refractivity contribution in [3.05, 3.63) is 139 Å². The summed E-state index contributed by atoms with van der Waals surface area (Å²) in [6, 6.07) is 16.1. The number of H-pyrrole nitrogens is 2. The third kappa shape index (κ3) is 8.43. The van der Waals surface area contributed by atoms with Crippen molar-refractivity contribution >= 4 is 50.7 Å². The highest BCUT2D eigenvalue weighted by Crippen LogP contribution is 2.38. The van der Waals surface area contributed by atoms with Gasteiger partial charge in [0.05, 0.1) is 22.5 Å². The summed E-state index contributed by atoms with van der Waals surface area (Å²) in [5, 5.41) is 15.4. The summed E-state index contributed by atoms with van der Waals surface area (Å²) in [5.41, 5.74) is -0.258. The van der Waals surface area contributed by atoms with Gasteiger partial charge in [-0.2, -0.15) is 13.2 Å². The van der Waals surface area contributed by atoms with Gasteiger partial charge in [0.25, 0.3) is 11.8 Å². The second-order valence-corrected chi connectivity index (χ2v) is 15.1. The van der Waals surface area contributed by atoms with Crippen molar-refractivity contribution in [1.82, 2.24) is 9.97 Å². The number of aromatic hydroxyl groups is 1. The minimum Gasteiger partial charge on any atom is -0.508 e. The lowest BCUT2D eigenvalue weighted by Crippen LogP contribution is -2.24. The molecule has 0 unspecified atom stereocenters. The number of alkyl halides is 4. The summed E-state index contributed by atoms with van der Waals surface area (Å²) < 4.78 is 68.9. The van der Waals surface area contributed by atoms with Gasteiger partial charge in [0, 0.05) is 59.1 Å². The van der Waals surface area contributed by atoms with Crippen LogP contribution in [0.25, 0.3) is 21.8 Å². The van der Waals surface area contributed by atoms with Gasteiger partial charge in [0.1, 0.15) is 28.9 Å². The molecule has 1 aliphatic heterocycles. The molecule has 58 heavy (non-hydrogen) atoms. The second kappa shape index (κ2) is 15.8. The van der Waals surface area contributed by atoms with Gasteiger partial charge in [-0.15, -0.1) is 0 Å². The number of anilines is 3. The number of pyridine rings is 2. The van der Waals surface area contributed by atoms with E-state index in [4.69, 9.17) is 0 Å². The lowest BCUT2D eigenvalue weighted by atomic mass is 9.86. The maximum Gasteiger partial charge on any atom is 0.418 e. The normalized spacial score (nSPS) is 14.3. The number of aryl methyl sites for hydroxylation is 2. The molecular formula is C43H40F5N5O5. The Morgan fingerprint density at radius 3 is 2.10 bits per heavy atom. The second-order valence-electron chi connectivity index (χ2n) is 15.1. The summed E-state index contributed by atoms with van der Waals surface area (Å²) in [4.78, 5) is 57.9. The zero-order chi connectivity index (χ0) is 42.3. The number of benzene rings is 4. The standard InChI is InChI=1S/C22H19F4N3O2.C21H21FN2O3/c1-12-3-2-4-18-19(12)20(30)15(10-27-18)21(31)28-17-6-5-14(9-16(17)22(24,25)26)29-8-7-13(23)11-29;1-11-6-5-7-12-18(11)23-10-13(19(12)26)20(27)24-16-9-17(25)14(8-15(16)22)21(2,3)4/h2-6,9-10,13H,7-8,11H2,1H3,(H,27,30)(H,28,31);5-10,25H,1-4H3,(H,23,26)(H,24,27)/t13-;/m0./s1. The fourth-order valence-corrected chi connectivity index (χ4v) is 6.84. The molecule has 302 valence electrons. The number of fused-ring (bicyclic) bond motifs is 2. The summed E-state index contributed by atoms with van der Waals surface area (Å²) >= 11 is 0. The molecule has 3 heterocycles. The first kappa shape index (κ1) is 41.1. The zero-order valence-electron chi connectivity index (χ0n) is 32.1. The van der Waals surface area contributed by atoms with Crippen LogP contribution in [0.5, 0.6) is 5.75 Å². The van der Waals surface area contributed by atoms with E-state index in [1.807, 2.05) is 33.8 Å². The lowest BCUT2D eigenvalue weighted by Gasteiger charge is -2.21. The summed E-state index contributed by atoms with van der Waals surface area (Å²) in [5.74, 6) is -2.50. The fraction of sp³-hybridized carbons (Fsp3) is 0.256. The van der Waals surface area contributed by atoms with Gasteiger partial charge in [-0.05, 0) is 73.2 Å². The van der Waals surface area contributed by atoms with Gasteiger partial charge in [-0.3, -0.25) is 19.2 Å². The summed E-state index contributed by atoms with van der Waals surface area (Å²) in [7, 11) is 0. The van der Waals surface area contributed by atoms with Crippen molar-refractivity contribution in [2.45, 2.75) is 58.8 Å². The number of nitrogens with zero attached hydrogens (tertiary/aromatic N) is 1. The van der Waals surface area contributed by atoms with Crippen molar-refractivity contribution in [2.75, 3.05) is 28.6 Å². The van der Waals surface area contributed by atoms with E-state index in [1.165, 1.54) is 29.4 Å². The van der Waals surface area contributed by atoms with E-state index in [9.17, 15) is 46.2 Å². The van der Waals surface area contributed by atoms with Gasteiger partial charge < -0.3 is 30.6 Å². The molecule has 1 atom stereocenters. The molecule has 1 fully saturated rings. The number of halogens is 5. The van der Waals surface area contributed by atoms with E-state index < -0.39 is 57.5 Å². The van der Waals surface area contributed by atoms with Gasteiger partial charge in [-0.25, -0.2) is 8.78 Å². The maximum absolute atomic E-state index is 14.4. The minimum absolute atomic E-state index is 0.0226. The Labute approximate surface area is 328 Å². The molecule has 1 aliphatic rings. The number of rotatable bonds is 5. The van der Waals surface area contributed by atoms with E-state index in [-0.39, 0.29) is 41.2 Å². The van der Waals surface area contributed by atoms with Crippen LogP contribution in [0.15, 0.2) is 88.7 Å². The third-order valence-electron chi connectivity index (χ3n) is 9.92. The van der Waals surface area contributed by atoms with Crippen molar-refractivity contribution < 1.29 is 36.6 Å². The van der Waals surface area contributed by atoms with Crippen LogP contribution in [0.4, 0.5) is 39.0 Å². The highest BCUT2D eigenvalue weighted by atomic mass is 19.4. The zero-order valence-corrected chi connectivity index (χ0v) is 32.1. The quantitative estimate of drug-likeness (QED) is 0.110. The number of hydrogen-bond donors (Lipinski definition) is 5. The first-order chi connectivity index (χ1) is 27.2. The Balaban J connectivity index is 0.000000198. The molecule has 15 heteroatoms. The van der Waals surface area contributed by atoms with E-state index in [0.29, 0.717) is 39.5 Å². The predicted molar refractivity (Wildman–Crippen MR) is 214 cm³/mol. The lowest BCUT2D eigenvalue weighted by molar-refractivity contribution is -0.136. The SMILES string of the molecule is Cc1cccc2[nH]cc(C(=O)Nc3ccc(N4CC[C@H](F)C4)cc3C(F)(F)F)c(=O)c12.Cc1cccc2c(=O)c(C(=O)Nc3cc(O)c(C(C)(C)C)cc3F)c[nH]c12. The largest absolute Gasteiger partial charge is 0.508 e. The Bertz CT molecular complexity index is 2700. The number of amides is 2. The van der Waals surface area contributed by atoms with Gasteiger partial charge in [0.15, 0.2) is 0 Å². The molecule has 0 aliphatic carbocycles. The monoisotopic (exact) mass is 801 g/mol. The molecule has 1 saturated heterocycles. The number of para-hydroxylation sites is 1. The van der Waals surface area contributed by atoms with Crippen molar-refractivity contribution in [3.8, 4) is 5.75 Å². The Kier molecular flexibility index (Phi) is 11.2. The number of aromatic nitrogens is 2. The van der Waals surface area contributed by atoms with Crippen molar-refractivity contribution in [2.24, 2.45) is 0 Å². The third-order valence-corrected chi connectivity index (χ3v) is 9.92. The van der Waals surface area contributed by atoms with Crippen LogP contribution in [0.3, 0.4) is 0 Å². The highest BCUT2D eigenvalue weighted by Gasteiger charge is 2.36. The Morgan fingerprint density at radius 2 is 1.45 bits per heavy atom. The van der Waals surface area contributed by atoms with E-state index in [2.05, 4.69) is 20.6 Å². The first-order valence-corrected chi connectivity index (χ1v) is 18.2. The predicted octanol–water partition coefficient (Wildman–Crippen LogP) is 8.89. The summed E-state index contributed by atoms with van der Waals surface area (Å²) in [6.07, 6.45) is -3.08. The number of aromatic amines is 2. The average Bonchev–Trinajstić information content (AvgIpc) is 3.59. The fourth-order valence-electron chi connectivity index (χ4n) is 6.84. The molecule has 4 aromatic carbocycles. The molecule has 0 spiro atoms. The molecule has 0 saturated carbocycles. The van der Waals surface area contributed by atoms with E-state index >= 15 is 0 Å². The average molecular weight is 802 g/mol. The number of carbonyl (C=O) groups excluding carboxylic acids is 2. The van der Waals surface area contributed by atoms with Crippen LogP contribution in [-0.2, 0) is 11.6 Å². The highest BCUT2D eigenvalue weighted by molar-refractivity contribution is 6.07. The molecule has 5 N–H and O–H groups in total. The van der Waals surface area contributed by atoms with Crippen molar-refractivity contribution in [3.63, 3.8) is 0 Å². The van der Waals surface area contributed by atoms with Crippen molar-refractivity contribution in [1.29, 1.82) is 0 Å². The maximum atomic E-state index is 14.4. The molecule has 6 aromatic rings.